The molecule has 0 aliphatic heterocycles. The lowest BCUT2D eigenvalue weighted by Gasteiger charge is -2.11. The number of rotatable bonds is 8. The number of para-hydroxylation sites is 2. The first-order valence-corrected chi connectivity index (χ1v) is 8.08. The van der Waals surface area contributed by atoms with Crippen molar-refractivity contribution in [2.75, 3.05) is 13.2 Å². The molecule has 0 saturated carbocycles. The lowest BCUT2D eigenvalue weighted by atomic mass is 10.2. The number of aromatic nitrogens is 2. The summed E-state index contributed by atoms with van der Waals surface area (Å²) < 4.78 is 8.01. The lowest BCUT2D eigenvalue weighted by Crippen LogP contribution is -2.18. The van der Waals surface area contributed by atoms with E-state index in [0.29, 0.717) is 32.5 Å². The fraction of sp³-hybridized carbons (Fsp3) is 0.263. The smallest absolute Gasteiger partial charge is 0.207 e. The zero-order chi connectivity index (χ0) is 16.8. The van der Waals surface area contributed by atoms with E-state index in [9.17, 15) is 4.79 Å². The van der Waals surface area contributed by atoms with Crippen LogP contribution in [0, 0.1) is 6.92 Å². The summed E-state index contributed by atoms with van der Waals surface area (Å²) in [4.78, 5) is 15.1. The van der Waals surface area contributed by atoms with E-state index in [1.54, 1.807) is 0 Å². The van der Waals surface area contributed by atoms with Crippen molar-refractivity contribution in [3.63, 3.8) is 0 Å². The normalized spacial score (nSPS) is 10.7. The third kappa shape index (κ3) is 3.74. The van der Waals surface area contributed by atoms with E-state index in [1.165, 1.54) is 5.56 Å². The molecule has 5 heteroatoms. The third-order valence-corrected chi connectivity index (χ3v) is 3.91. The number of ether oxygens (including phenoxy) is 1. The molecule has 3 rings (SSSR count). The molecule has 0 spiro atoms. The summed E-state index contributed by atoms with van der Waals surface area (Å²) in [5.41, 5.74) is 3.27. The van der Waals surface area contributed by atoms with Gasteiger partial charge in [-0.3, -0.25) is 4.79 Å². The van der Waals surface area contributed by atoms with Gasteiger partial charge in [-0.15, -0.1) is 0 Å². The van der Waals surface area contributed by atoms with Gasteiger partial charge >= 0.3 is 0 Å². The second-order valence-corrected chi connectivity index (χ2v) is 5.65. The van der Waals surface area contributed by atoms with Gasteiger partial charge in [-0.05, 0) is 31.2 Å². The summed E-state index contributed by atoms with van der Waals surface area (Å²) in [5.74, 6) is 1.83. The molecule has 0 bridgehead atoms. The first-order valence-electron chi connectivity index (χ1n) is 8.08. The van der Waals surface area contributed by atoms with Crippen LogP contribution in [0.4, 0.5) is 0 Å². The number of hydrogen-bond donors (Lipinski definition) is 1. The first kappa shape index (κ1) is 16.1. The second-order valence-electron chi connectivity index (χ2n) is 5.65. The monoisotopic (exact) mass is 323 g/mol. The van der Waals surface area contributed by atoms with Crippen LogP contribution in [0.15, 0.2) is 48.5 Å². The quantitative estimate of drug-likeness (QED) is 0.512. The minimum atomic E-state index is 0.567. The fourth-order valence-electron chi connectivity index (χ4n) is 2.70. The number of amides is 1. The molecule has 0 atom stereocenters. The van der Waals surface area contributed by atoms with Gasteiger partial charge in [-0.25, -0.2) is 4.98 Å². The van der Waals surface area contributed by atoms with Crippen molar-refractivity contribution >= 4 is 17.4 Å². The molecular formula is C19H21N3O2. The Morgan fingerprint density at radius 2 is 1.96 bits per heavy atom. The van der Waals surface area contributed by atoms with E-state index < -0.39 is 0 Å². The highest BCUT2D eigenvalue weighted by Crippen LogP contribution is 2.17. The van der Waals surface area contributed by atoms with Crippen LogP contribution < -0.4 is 10.1 Å². The van der Waals surface area contributed by atoms with E-state index in [2.05, 4.69) is 27.9 Å². The molecule has 3 aromatic rings. The zero-order valence-electron chi connectivity index (χ0n) is 13.7. The van der Waals surface area contributed by atoms with Gasteiger partial charge < -0.3 is 14.6 Å². The molecule has 0 unspecified atom stereocenters. The Hall–Kier alpha value is -2.82. The maximum Gasteiger partial charge on any atom is 0.207 e. The molecule has 124 valence electrons. The van der Waals surface area contributed by atoms with E-state index >= 15 is 0 Å². The number of hydrogen-bond acceptors (Lipinski definition) is 3. The van der Waals surface area contributed by atoms with Crippen LogP contribution in [0.1, 0.15) is 11.4 Å². The summed E-state index contributed by atoms with van der Waals surface area (Å²) in [5, 5.41) is 2.69. The number of nitrogens with zero attached hydrogens (tertiary/aromatic N) is 2. The molecular weight excluding hydrogens is 302 g/mol. The number of benzene rings is 2. The molecule has 0 aliphatic carbocycles. The van der Waals surface area contributed by atoms with Crippen LogP contribution in [-0.2, 0) is 17.8 Å². The Morgan fingerprint density at radius 3 is 2.75 bits per heavy atom. The van der Waals surface area contributed by atoms with Crippen molar-refractivity contribution in [2.45, 2.75) is 19.9 Å². The molecule has 5 nitrogen and oxygen atoms in total. The SMILES string of the molecule is Cc1ccc(OCCn2c(CCNC=O)nc3ccccc32)cc1. The molecule has 1 heterocycles. The molecule has 1 amide bonds. The van der Waals surface area contributed by atoms with Crippen molar-refractivity contribution in [1.29, 1.82) is 0 Å². The van der Waals surface area contributed by atoms with Crippen LogP contribution in [0.2, 0.25) is 0 Å². The molecule has 2 aromatic carbocycles. The number of carbonyl (C=O) groups is 1. The predicted molar refractivity (Wildman–Crippen MR) is 94.2 cm³/mol. The van der Waals surface area contributed by atoms with Crippen LogP contribution >= 0.6 is 0 Å². The van der Waals surface area contributed by atoms with Gasteiger partial charge in [0.2, 0.25) is 6.41 Å². The van der Waals surface area contributed by atoms with E-state index in [1.807, 2.05) is 42.5 Å². The highest BCUT2D eigenvalue weighted by Gasteiger charge is 2.10. The molecule has 0 fully saturated rings. The highest BCUT2D eigenvalue weighted by molar-refractivity contribution is 5.75. The summed E-state index contributed by atoms with van der Waals surface area (Å²) in [6.07, 6.45) is 1.41. The van der Waals surface area contributed by atoms with Crippen LogP contribution in [0.5, 0.6) is 5.75 Å². The Labute approximate surface area is 141 Å². The van der Waals surface area contributed by atoms with Crippen molar-refractivity contribution in [3.05, 3.63) is 59.9 Å². The third-order valence-electron chi connectivity index (χ3n) is 3.91. The Kier molecular flexibility index (Phi) is 5.11. The maximum atomic E-state index is 10.4. The molecule has 0 aliphatic rings. The minimum Gasteiger partial charge on any atom is -0.492 e. The van der Waals surface area contributed by atoms with E-state index in [4.69, 9.17) is 4.74 Å². The average molecular weight is 323 g/mol. The van der Waals surface area contributed by atoms with Crippen molar-refractivity contribution in [2.24, 2.45) is 0 Å². The molecule has 24 heavy (non-hydrogen) atoms. The Balaban J connectivity index is 1.72. The number of carbonyl (C=O) groups excluding carboxylic acids is 1. The minimum absolute atomic E-state index is 0.567. The topological polar surface area (TPSA) is 56.1 Å². The van der Waals surface area contributed by atoms with Crippen molar-refractivity contribution < 1.29 is 9.53 Å². The Morgan fingerprint density at radius 1 is 1.17 bits per heavy atom. The van der Waals surface area contributed by atoms with Gasteiger partial charge in [0.05, 0.1) is 17.6 Å². The van der Waals surface area contributed by atoms with Crippen LogP contribution in [0.25, 0.3) is 11.0 Å². The van der Waals surface area contributed by atoms with Crippen LogP contribution in [0.3, 0.4) is 0 Å². The second kappa shape index (κ2) is 7.64. The lowest BCUT2D eigenvalue weighted by molar-refractivity contribution is -0.109. The zero-order valence-corrected chi connectivity index (χ0v) is 13.7. The summed E-state index contributed by atoms with van der Waals surface area (Å²) in [6, 6.07) is 16.1. The van der Waals surface area contributed by atoms with E-state index in [0.717, 1.165) is 22.6 Å². The van der Waals surface area contributed by atoms with Gasteiger partial charge in [-0.2, -0.15) is 0 Å². The van der Waals surface area contributed by atoms with Crippen molar-refractivity contribution in [3.8, 4) is 5.75 Å². The largest absolute Gasteiger partial charge is 0.492 e. The maximum absolute atomic E-state index is 10.4. The van der Waals surface area contributed by atoms with Crippen LogP contribution in [-0.4, -0.2) is 29.1 Å². The number of fused-ring (bicyclic) bond motifs is 1. The standard InChI is InChI=1S/C19H21N3O2/c1-15-6-8-16(9-7-15)24-13-12-22-18-5-3-2-4-17(18)21-19(22)10-11-20-14-23/h2-9,14H,10-13H2,1H3,(H,20,23). The summed E-state index contributed by atoms with van der Waals surface area (Å²) in [6.45, 7) is 3.91. The predicted octanol–water partition coefficient (Wildman–Crippen LogP) is 2.71. The van der Waals surface area contributed by atoms with Gasteiger partial charge in [0.15, 0.2) is 0 Å². The van der Waals surface area contributed by atoms with E-state index in [-0.39, 0.29) is 0 Å². The Bertz CT molecular complexity index is 809. The van der Waals surface area contributed by atoms with Gasteiger partial charge in [0, 0.05) is 13.0 Å². The van der Waals surface area contributed by atoms with Gasteiger partial charge in [-0.1, -0.05) is 29.8 Å². The molecule has 0 radical (unpaired) electrons. The van der Waals surface area contributed by atoms with Crippen molar-refractivity contribution in [1.82, 2.24) is 14.9 Å². The van der Waals surface area contributed by atoms with Gasteiger partial charge in [0.1, 0.15) is 18.2 Å². The average Bonchev–Trinajstić information content (AvgIpc) is 2.95. The first-order chi connectivity index (χ1) is 11.8. The number of nitrogens with one attached hydrogen (secondary N) is 1. The summed E-state index contributed by atoms with van der Waals surface area (Å²) in [7, 11) is 0. The fourth-order valence-corrected chi connectivity index (χ4v) is 2.70. The number of aryl methyl sites for hydroxylation is 1. The molecule has 0 saturated heterocycles. The summed E-state index contributed by atoms with van der Waals surface area (Å²) >= 11 is 0. The molecule has 1 N–H and O–H groups in total. The van der Waals surface area contributed by atoms with Gasteiger partial charge in [0.25, 0.3) is 0 Å². The highest BCUT2D eigenvalue weighted by atomic mass is 16.5. The number of imidazole rings is 1. The molecule has 1 aromatic heterocycles.